The number of rotatable bonds is 20. The first-order valence-corrected chi connectivity index (χ1v) is 37.0. The summed E-state index contributed by atoms with van der Waals surface area (Å²) in [4.78, 5) is 50.3. The van der Waals surface area contributed by atoms with Crippen LogP contribution in [0.4, 0.5) is 11.4 Å². The predicted molar refractivity (Wildman–Crippen MR) is 328 cm³/mol. The fourth-order valence-electron chi connectivity index (χ4n) is 12.2. The number of nitrogens with one attached hydrogen (secondary N) is 1. The van der Waals surface area contributed by atoms with E-state index in [1.807, 2.05) is 33.9 Å². The number of benzene rings is 2. The lowest BCUT2D eigenvalue weighted by atomic mass is 9.71. The molecular formula is C64H94N8O4Si2. The molecular weight excluding hydrogens is 1000 g/mol. The number of hydrogen-bond donors (Lipinski definition) is 1. The van der Waals surface area contributed by atoms with Gasteiger partial charge in [-0.2, -0.15) is 0 Å². The molecule has 2 aromatic carbocycles. The Balaban J connectivity index is 0.000000203. The standard InChI is InChI=1S/C32H46N4O2Si.C31H44N4O2Si.CH4/c1-32(16-9-6-10-17-32)30(37)27-22-36(23-38-18-19-39(3,4)5)31-29(27)34-28(21-33-31)24-12-11-15-26(20-24)35(2)25-13-7-8-14-25;1-31(15-8-5-9-16-31)29(36)26-21-35(22-37-17-18-38(2,3)4)30-28(26)34-27(20-32-30)23-11-10-14-25(19-23)33-24-12-6-7-13-24;/h11-12,15,20-22,25H,6-10,13-14,16-19,23H2,1-5H3;10-11,14,19-21,24,33H,5-9,12-13,15-18,22H2,1-4H3;1H4. The van der Waals surface area contributed by atoms with Crippen LogP contribution in [-0.2, 0) is 22.9 Å². The third-order valence-electron chi connectivity index (χ3n) is 17.4. The van der Waals surface area contributed by atoms with E-state index in [1.165, 1.54) is 69.9 Å². The van der Waals surface area contributed by atoms with Gasteiger partial charge in [-0.1, -0.05) is 149 Å². The fourth-order valence-corrected chi connectivity index (χ4v) is 13.7. The number of fused-ring (bicyclic) bond motifs is 2. The zero-order chi connectivity index (χ0) is 54.4. The second-order valence-electron chi connectivity index (χ2n) is 26.3. The highest BCUT2D eigenvalue weighted by Gasteiger charge is 2.39. The van der Waals surface area contributed by atoms with Crippen LogP contribution >= 0.6 is 0 Å². The van der Waals surface area contributed by atoms with Gasteiger partial charge in [-0.3, -0.25) is 9.59 Å². The van der Waals surface area contributed by atoms with E-state index in [0.29, 0.717) is 47.7 Å². The summed E-state index contributed by atoms with van der Waals surface area (Å²) < 4.78 is 16.1. The second-order valence-corrected chi connectivity index (χ2v) is 37.5. The Morgan fingerprint density at radius 2 is 1.08 bits per heavy atom. The molecule has 4 aliphatic rings. The van der Waals surface area contributed by atoms with Crippen molar-refractivity contribution in [3.05, 3.63) is 84.4 Å². The Kier molecular flexibility index (Phi) is 19.4. The maximum atomic E-state index is 14.0. The van der Waals surface area contributed by atoms with Gasteiger partial charge in [0.2, 0.25) is 0 Å². The summed E-state index contributed by atoms with van der Waals surface area (Å²) in [6.07, 6.45) is 28.4. The van der Waals surface area contributed by atoms with Crippen LogP contribution in [0.2, 0.25) is 51.4 Å². The molecule has 78 heavy (non-hydrogen) atoms. The first-order valence-electron chi connectivity index (χ1n) is 29.5. The van der Waals surface area contributed by atoms with Crippen molar-refractivity contribution in [2.75, 3.05) is 30.5 Å². The monoisotopic (exact) mass is 1090 g/mol. The van der Waals surface area contributed by atoms with E-state index >= 15 is 0 Å². The van der Waals surface area contributed by atoms with Gasteiger partial charge in [-0.15, -0.1) is 0 Å². The van der Waals surface area contributed by atoms with Crippen LogP contribution in [0.15, 0.2) is 73.3 Å². The Labute approximate surface area is 469 Å². The van der Waals surface area contributed by atoms with Crippen molar-refractivity contribution in [1.82, 2.24) is 29.1 Å². The maximum Gasteiger partial charge on any atom is 0.172 e. The molecule has 0 saturated heterocycles. The Morgan fingerprint density at radius 1 is 0.628 bits per heavy atom. The SMILES string of the molecule is C.CC1(C(=O)c2cn(COCC[Si](C)(C)C)c3ncc(-c4cccc(NC5CCCC5)c4)nc23)CCCCC1.CN(c1cccc(-c2cnc3c(n2)c(C(=O)C2(C)CCCCC2)cn3COCC[Si](C)(C)C)c1)C1CCCC1. The number of aromatic nitrogens is 6. The summed E-state index contributed by atoms with van der Waals surface area (Å²) in [5, 5.41) is 3.69. The van der Waals surface area contributed by atoms with Crippen molar-refractivity contribution >= 4 is 61.4 Å². The number of ether oxygens (including phenoxy) is 2. The number of nitrogens with zero attached hydrogens (tertiary/aromatic N) is 7. The summed E-state index contributed by atoms with van der Waals surface area (Å²) >= 11 is 0. The molecule has 0 radical (unpaired) electrons. The molecule has 0 unspecified atom stereocenters. The van der Waals surface area contributed by atoms with Gasteiger partial charge in [0.1, 0.15) is 24.5 Å². The molecule has 422 valence electrons. The molecule has 14 heteroatoms. The van der Waals surface area contributed by atoms with E-state index < -0.39 is 16.1 Å². The first-order chi connectivity index (χ1) is 36.9. The largest absolute Gasteiger partial charge is 0.382 e. The third kappa shape index (κ3) is 14.5. The smallest absolute Gasteiger partial charge is 0.172 e. The molecule has 4 fully saturated rings. The molecule has 0 spiro atoms. The van der Waals surface area contributed by atoms with E-state index in [4.69, 9.17) is 29.4 Å². The summed E-state index contributed by atoms with van der Waals surface area (Å²) in [5.74, 6) is 0.403. The fraction of sp³-hybridized carbons (Fsp3) is 0.594. The molecule has 12 nitrogen and oxygen atoms in total. The molecule has 0 bridgehead atoms. The Hall–Kier alpha value is -5.03. The minimum absolute atomic E-state index is 0. The number of carbonyl (C=O) groups excluding carboxylic acids is 2. The van der Waals surface area contributed by atoms with Gasteiger partial charge in [-0.05, 0) is 87.7 Å². The second kappa shape index (κ2) is 25.6. The van der Waals surface area contributed by atoms with E-state index in [1.54, 1.807) is 0 Å². The summed E-state index contributed by atoms with van der Waals surface area (Å²) in [5.41, 5.74) is 9.56. The van der Waals surface area contributed by atoms with Crippen LogP contribution < -0.4 is 10.2 Å². The average molecular weight is 1100 g/mol. The van der Waals surface area contributed by atoms with Crippen molar-refractivity contribution in [2.24, 2.45) is 10.8 Å². The average Bonchev–Trinajstić information content (AvgIpc) is 4.41. The van der Waals surface area contributed by atoms with Crippen LogP contribution in [0.3, 0.4) is 0 Å². The molecule has 1 N–H and O–H groups in total. The van der Waals surface area contributed by atoms with E-state index in [-0.39, 0.29) is 29.8 Å². The van der Waals surface area contributed by atoms with Crippen LogP contribution in [-0.4, -0.2) is 89.1 Å². The van der Waals surface area contributed by atoms with Crippen molar-refractivity contribution in [3.63, 3.8) is 0 Å². The highest BCUT2D eigenvalue weighted by Crippen LogP contribution is 2.42. The minimum atomic E-state index is -1.18. The lowest BCUT2D eigenvalue weighted by Gasteiger charge is -2.31. The summed E-state index contributed by atoms with van der Waals surface area (Å²) in [6.45, 7) is 20.6. The molecule has 0 atom stereocenters. The number of ketones is 2. The van der Waals surface area contributed by atoms with Crippen molar-refractivity contribution in [3.8, 4) is 22.5 Å². The van der Waals surface area contributed by atoms with Crippen LogP contribution in [0, 0.1) is 10.8 Å². The number of Topliss-reactive ketones (excluding diaryl/α,β-unsaturated/α-hetero) is 2. The third-order valence-corrected chi connectivity index (χ3v) is 20.8. The van der Waals surface area contributed by atoms with E-state index in [9.17, 15) is 9.59 Å². The van der Waals surface area contributed by atoms with Crippen molar-refractivity contribution in [1.29, 1.82) is 0 Å². The molecule has 4 aliphatic carbocycles. The Morgan fingerprint density at radius 3 is 1.55 bits per heavy atom. The highest BCUT2D eigenvalue weighted by molar-refractivity contribution is 6.76. The van der Waals surface area contributed by atoms with Crippen molar-refractivity contribution in [2.45, 2.75) is 214 Å². The molecule has 4 aromatic heterocycles. The molecule has 4 saturated carbocycles. The van der Waals surface area contributed by atoms with Crippen molar-refractivity contribution < 1.29 is 19.1 Å². The normalized spacial score (nSPS) is 17.9. The molecule has 6 aromatic rings. The molecule has 0 aliphatic heterocycles. The van der Waals surface area contributed by atoms with Gasteiger partial charge in [0.15, 0.2) is 22.9 Å². The van der Waals surface area contributed by atoms with Gasteiger partial charge < -0.3 is 28.8 Å². The van der Waals surface area contributed by atoms with Crippen LogP contribution in [0.5, 0.6) is 0 Å². The lowest BCUT2D eigenvalue weighted by molar-refractivity contribution is 0.0741. The molecule has 0 amide bonds. The first kappa shape index (κ1) is 59.1. The van der Waals surface area contributed by atoms with Gasteiger partial charge in [-0.25, -0.2) is 19.9 Å². The van der Waals surface area contributed by atoms with Gasteiger partial charge >= 0.3 is 0 Å². The zero-order valence-corrected chi connectivity index (χ0v) is 50.3. The van der Waals surface area contributed by atoms with Crippen LogP contribution in [0.25, 0.3) is 44.8 Å². The van der Waals surface area contributed by atoms with Crippen LogP contribution in [0.1, 0.15) is 158 Å². The predicted octanol–water partition coefficient (Wildman–Crippen LogP) is 16.5. The number of anilines is 2. The van der Waals surface area contributed by atoms with Gasteiger partial charge in [0.05, 0.1) is 34.9 Å². The topological polar surface area (TPSA) is 129 Å². The van der Waals surface area contributed by atoms with E-state index in [2.05, 4.69) is 119 Å². The van der Waals surface area contributed by atoms with E-state index in [0.717, 1.165) is 116 Å². The molecule has 4 heterocycles. The van der Waals surface area contributed by atoms with Gasteiger partial charge in [0.25, 0.3) is 0 Å². The highest BCUT2D eigenvalue weighted by atomic mass is 28.3. The number of carbonyl (C=O) groups is 2. The maximum absolute atomic E-state index is 14.0. The summed E-state index contributed by atoms with van der Waals surface area (Å²) in [7, 11) is -0.156. The Bertz CT molecular complexity index is 2970. The minimum Gasteiger partial charge on any atom is -0.382 e. The molecule has 10 rings (SSSR count). The number of hydrogen-bond acceptors (Lipinski definition) is 10. The van der Waals surface area contributed by atoms with Gasteiger partial charge in [0, 0.05) is 94.2 Å². The lowest BCUT2D eigenvalue weighted by Crippen LogP contribution is -2.30. The quantitative estimate of drug-likeness (QED) is 0.0448. The zero-order valence-electron chi connectivity index (χ0n) is 48.3. The summed E-state index contributed by atoms with van der Waals surface area (Å²) in [6, 6.07) is 20.4.